The smallest absolute Gasteiger partial charge is 0.310 e. The fourth-order valence-corrected chi connectivity index (χ4v) is 5.50. The summed E-state index contributed by atoms with van der Waals surface area (Å²) in [4.78, 5) is 11.9. The highest BCUT2D eigenvalue weighted by Gasteiger charge is 2.38. The first-order valence-electron chi connectivity index (χ1n) is 8.26. The molecule has 2 aliphatic rings. The number of esters is 1. The molecule has 2 heterocycles. The predicted octanol–water partition coefficient (Wildman–Crippen LogP) is 1.48. The normalized spacial score (nSPS) is 31.9. The molecule has 0 N–H and O–H groups in total. The van der Waals surface area contributed by atoms with Gasteiger partial charge in [0.2, 0.25) is 0 Å². The summed E-state index contributed by atoms with van der Waals surface area (Å²) in [5.74, 6) is 0.152. The highest BCUT2D eigenvalue weighted by Crippen LogP contribution is 2.27. The quantitative estimate of drug-likeness (QED) is 0.732. The van der Waals surface area contributed by atoms with Crippen LogP contribution in [0.4, 0.5) is 0 Å². The summed E-state index contributed by atoms with van der Waals surface area (Å²) >= 11 is 0. The number of carbonyl (C=O) groups excluding carboxylic acids is 1. The molecule has 0 unspecified atom stereocenters. The third kappa shape index (κ3) is 4.00. The molecule has 0 radical (unpaired) electrons. The van der Waals surface area contributed by atoms with Crippen molar-refractivity contribution in [3.8, 4) is 0 Å². The zero-order valence-corrected chi connectivity index (χ0v) is 14.6. The number of ether oxygens (including phenoxy) is 1. The van der Waals surface area contributed by atoms with E-state index in [-0.39, 0.29) is 18.4 Å². The minimum Gasteiger partial charge on any atom is -0.466 e. The van der Waals surface area contributed by atoms with E-state index in [0.717, 1.165) is 6.42 Å². The van der Waals surface area contributed by atoms with E-state index in [9.17, 15) is 13.2 Å². The van der Waals surface area contributed by atoms with Crippen LogP contribution in [-0.2, 0) is 19.7 Å². The van der Waals surface area contributed by atoms with Crippen molar-refractivity contribution in [2.45, 2.75) is 40.0 Å². The Kier molecular flexibility index (Phi) is 5.85. The SMILES string of the molecule is CCOC(=O)[C@@H]1CCCN(S(=O)(=O)N2C[C@@H](C)C[C@H](C)C2)C1. The van der Waals surface area contributed by atoms with Crippen LogP contribution in [0, 0.1) is 17.8 Å². The second-order valence-corrected chi connectivity index (χ2v) is 8.65. The number of hydrogen-bond acceptors (Lipinski definition) is 4. The van der Waals surface area contributed by atoms with Gasteiger partial charge >= 0.3 is 5.97 Å². The summed E-state index contributed by atoms with van der Waals surface area (Å²) in [6.07, 6.45) is 2.48. The average Bonchev–Trinajstić information content (AvgIpc) is 2.46. The Hall–Kier alpha value is -0.660. The van der Waals surface area contributed by atoms with E-state index >= 15 is 0 Å². The largest absolute Gasteiger partial charge is 0.466 e. The first-order chi connectivity index (χ1) is 10.3. The van der Waals surface area contributed by atoms with Gasteiger partial charge in [-0.3, -0.25) is 4.79 Å². The van der Waals surface area contributed by atoms with Crippen LogP contribution in [0.15, 0.2) is 0 Å². The van der Waals surface area contributed by atoms with Crippen LogP contribution in [0.5, 0.6) is 0 Å². The standard InChI is InChI=1S/C15H28N2O4S/c1-4-21-15(18)14-6-5-7-16(11-14)22(19,20)17-9-12(2)8-13(3)10-17/h12-14H,4-11H2,1-3H3/t12-,13-,14+/m0/s1. The van der Waals surface area contributed by atoms with E-state index in [1.165, 1.54) is 4.31 Å². The molecule has 0 aromatic carbocycles. The Morgan fingerprint density at radius 3 is 2.36 bits per heavy atom. The molecule has 2 fully saturated rings. The summed E-state index contributed by atoms with van der Waals surface area (Å²) in [5.41, 5.74) is 0. The number of carbonyl (C=O) groups is 1. The van der Waals surface area contributed by atoms with Gasteiger partial charge in [0, 0.05) is 26.2 Å². The van der Waals surface area contributed by atoms with Crippen LogP contribution in [0.2, 0.25) is 0 Å². The van der Waals surface area contributed by atoms with Crippen molar-refractivity contribution < 1.29 is 17.9 Å². The van der Waals surface area contributed by atoms with Crippen LogP contribution in [0.3, 0.4) is 0 Å². The second-order valence-electron chi connectivity index (χ2n) is 6.72. The molecule has 0 bridgehead atoms. The van der Waals surface area contributed by atoms with E-state index < -0.39 is 10.2 Å². The highest BCUT2D eigenvalue weighted by atomic mass is 32.2. The van der Waals surface area contributed by atoms with Crippen LogP contribution in [0.1, 0.15) is 40.0 Å². The van der Waals surface area contributed by atoms with Crippen molar-refractivity contribution in [1.29, 1.82) is 0 Å². The molecule has 0 aromatic heterocycles. The number of nitrogens with zero attached hydrogens (tertiary/aromatic N) is 2. The summed E-state index contributed by atoms with van der Waals surface area (Å²) in [6, 6.07) is 0. The third-order valence-corrected chi connectivity index (χ3v) is 6.43. The van der Waals surface area contributed by atoms with Gasteiger partial charge in [0.05, 0.1) is 12.5 Å². The summed E-state index contributed by atoms with van der Waals surface area (Å²) in [6.45, 7) is 8.19. The molecule has 3 atom stereocenters. The average molecular weight is 332 g/mol. The minimum atomic E-state index is -3.47. The van der Waals surface area contributed by atoms with Gasteiger partial charge < -0.3 is 4.74 Å². The molecule has 128 valence electrons. The van der Waals surface area contributed by atoms with E-state index in [4.69, 9.17) is 4.74 Å². The maximum absolute atomic E-state index is 12.9. The maximum Gasteiger partial charge on any atom is 0.310 e. The second kappa shape index (κ2) is 7.27. The summed E-state index contributed by atoms with van der Waals surface area (Å²) in [5, 5.41) is 0. The van der Waals surface area contributed by atoms with Gasteiger partial charge in [-0.25, -0.2) is 0 Å². The Morgan fingerprint density at radius 2 is 1.77 bits per heavy atom. The lowest BCUT2D eigenvalue weighted by Crippen LogP contribution is -2.52. The van der Waals surface area contributed by atoms with Crippen LogP contribution in [0.25, 0.3) is 0 Å². The van der Waals surface area contributed by atoms with Crippen molar-refractivity contribution in [1.82, 2.24) is 8.61 Å². The van der Waals surface area contributed by atoms with E-state index in [0.29, 0.717) is 50.9 Å². The third-order valence-electron chi connectivity index (χ3n) is 4.49. The molecule has 2 saturated heterocycles. The Bertz CT molecular complexity index is 484. The molecular weight excluding hydrogens is 304 g/mol. The zero-order chi connectivity index (χ0) is 16.3. The van der Waals surface area contributed by atoms with Gasteiger partial charge in [-0.2, -0.15) is 17.0 Å². The van der Waals surface area contributed by atoms with Gasteiger partial charge in [0.1, 0.15) is 0 Å². The first-order valence-corrected chi connectivity index (χ1v) is 9.66. The maximum atomic E-state index is 12.9. The van der Waals surface area contributed by atoms with Gasteiger partial charge in [0.25, 0.3) is 10.2 Å². The minimum absolute atomic E-state index is 0.250. The van der Waals surface area contributed by atoms with Crippen molar-refractivity contribution >= 4 is 16.2 Å². The van der Waals surface area contributed by atoms with Crippen molar-refractivity contribution in [2.75, 3.05) is 32.8 Å². The zero-order valence-electron chi connectivity index (χ0n) is 13.8. The molecule has 0 aliphatic carbocycles. The molecule has 22 heavy (non-hydrogen) atoms. The van der Waals surface area contributed by atoms with E-state index in [1.807, 2.05) is 0 Å². The molecule has 0 saturated carbocycles. The molecule has 2 rings (SSSR count). The molecular formula is C15H28N2O4S. The first kappa shape index (κ1) is 17.7. The van der Waals surface area contributed by atoms with Crippen LogP contribution < -0.4 is 0 Å². The lowest BCUT2D eigenvalue weighted by Gasteiger charge is -2.39. The molecule has 2 aliphatic heterocycles. The Balaban J connectivity index is 2.06. The fourth-order valence-electron chi connectivity index (χ4n) is 3.56. The summed E-state index contributed by atoms with van der Waals surface area (Å²) < 4.78 is 33.8. The number of hydrogen-bond donors (Lipinski definition) is 0. The predicted molar refractivity (Wildman–Crippen MR) is 84.4 cm³/mol. The summed E-state index contributed by atoms with van der Waals surface area (Å²) in [7, 11) is -3.47. The number of rotatable bonds is 4. The monoisotopic (exact) mass is 332 g/mol. The number of piperidine rings is 2. The fraction of sp³-hybridized carbons (Fsp3) is 0.933. The Morgan fingerprint density at radius 1 is 1.14 bits per heavy atom. The Labute approximate surface area is 134 Å². The van der Waals surface area contributed by atoms with Gasteiger partial charge in [-0.15, -0.1) is 0 Å². The van der Waals surface area contributed by atoms with Crippen molar-refractivity contribution in [3.05, 3.63) is 0 Å². The van der Waals surface area contributed by atoms with Crippen LogP contribution >= 0.6 is 0 Å². The molecule has 0 amide bonds. The molecule has 7 heteroatoms. The van der Waals surface area contributed by atoms with E-state index in [1.54, 1.807) is 11.2 Å². The lowest BCUT2D eigenvalue weighted by atomic mass is 9.94. The molecule has 0 spiro atoms. The van der Waals surface area contributed by atoms with Gasteiger partial charge in [0.15, 0.2) is 0 Å². The van der Waals surface area contributed by atoms with Crippen molar-refractivity contribution in [3.63, 3.8) is 0 Å². The molecule has 6 nitrogen and oxygen atoms in total. The highest BCUT2D eigenvalue weighted by molar-refractivity contribution is 7.86. The van der Waals surface area contributed by atoms with Crippen molar-refractivity contribution in [2.24, 2.45) is 17.8 Å². The van der Waals surface area contributed by atoms with Gasteiger partial charge in [-0.1, -0.05) is 13.8 Å². The topological polar surface area (TPSA) is 66.9 Å². The lowest BCUT2D eigenvalue weighted by molar-refractivity contribution is -0.149. The molecule has 0 aromatic rings. The van der Waals surface area contributed by atoms with Crippen LogP contribution in [-0.4, -0.2) is 55.8 Å². The van der Waals surface area contributed by atoms with Gasteiger partial charge in [-0.05, 0) is 38.0 Å². The van der Waals surface area contributed by atoms with E-state index in [2.05, 4.69) is 13.8 Å².